The lowest BCUT2D eigenvalue weighted by atomic mass is 10.2. The van der Waals surface area contributed by atoms with Crippen molar-refractivity contribution < 1.29 is 14.3 Å². The minimum atomic E-state index is -0.0668. The molecule has 1 heterocycles. The summed E-state index contributed by atoms with van der Waals surface area (Å²) in [6.45, 7) is 4.36. The van der Waals surface area contributed by atoms with Crippen LogP contribution in [0.2, 0.25) is 0 Å². The van der Waals surface area contributed by atoms with E-state index >= 15 is 0 Å². The van der Waals surface area contributed by atoms with Gasteiger partial charge in [0.15, 0.2) is 0 Å². The highest BCUT2D eigenvalue weighted by molar-refractivity contribution is 9.10. The Bertz CT molecular complexity index is 515. The molecular formula is C15H19BrN2O3. The van der Waals surface area contributed by atoms with Crippen molar-refractivity contribution in [1.82, 2.24) is 4.90 Å². The highest BCUT2D eigenvalue weighted by atomic mass is 79.9. The Hall–Kier alpha value is -1.40. The predicted octanol–water partition coefficient (Wildman–Crippen LogP) is 2.05. The molecule has 1 aliphatic rings. The molecule has 0 aromatic heterocycles. The lowest BCUT2D eigenvalue weighted by molar-refractivity contribution is -0.135. The number of hydrogen-bond acceptors (Lipinski definition) is 3. The van der Waals surface area contributed by atoms with Gasteiger partial charge in [0.05, 0.1) is 13.2 Å². The van der Waals surface area contributed by atoms with Crippen LogP contribution in [0.15, 0.2) is 28.7 Å². The number of morpholine rings is 1. The number of rotatable bonds is 4. The number of nitrogens with zero attached hydrogens (tertiary/aromatic N) is 2. The summed E-state index contributed by atoms with van der Waals surface area (Å²) in [4.78, 5) is 27.4. The van der Waals surface area contributed by atoms with Crippen LogP contribution >= 0.6 is 15.9 Å². The Kier molecular flexibility index (Phi) is 5.76. The molecule has 1 aromatic rings. The van der Waals surface area contributed by atoms with E-state index in [1.54, 1.807) is 9.80 Å². The van der Waals surface area contributed by atoms with Crippen LogP contribution in [-0.4, -0.2) is 49.6 Å². The average Bonchev–Trinajstić information content (AvgIpc) is 2.48. The Morgan fingerprint density at radius 1 is 1.33 bits per heavy atom. The molecule has 0 atom stereocenters. The van der Waals surface area contributed by atoms with Gasteiger partial charge >= 0.3 is 0 Å². The number of anilines is 1. The molecule has 2 amide bonds. The van der Waals surface area contributed by atoms with Gasteiger partial charge in [0.25, 0.3) is 0 Å². The summed E-state index contributed by atoms with van der Waals surface area (Å²) in [7, 11) is 0. The van der Waals surface area contributed by atoms with E-state index in [9.17, 15) is 9.59 Å². The molecule has 5 nitrogen and oxygen atoms in total. The van der Waals surface area contributed by atoms with Gasteiger partial charge in [0.1, 0.15) is 0 Å². The highest BCUT2D eigenvalue weighted by Crippen LogP contribution is 2.20. The lowest BCUT2D eigenvalue weighted by Gasteiger charge is -2.28. The van der Waals surface area contributed by atoms with Crippen LogP contribution in [0.1, 0.15) is 13.3 Å². The lowest BCUT2D eigenvalue weighted by Crippen LogP contribution is -2.42. The van der Waals surface area contributed by atoms with Gasteiger partial charge < -0.3 is 14.5 Å². The van der Waals surface area contributed by atoms with Crippen molar-refractivity contribution in [3.8, 4) is 0 Å². The molecule has 0 spiro atoms. The molecule has 1 fully saturated rings. The zero-order chi connectivity index (χ0) is 15.2. The monoisotopic (exact) mass is 354 g/mol. The van der Waals surface area contributed by atoms with Gasteiger partial charge in [0, 0.05) is 43.1 Å². The van der Waals surface area contributed by atoms with Gasteiger partial charge in [-0.25, -0.2) is 0 Å². The molecule has 114 valence electrons. The van der Waals surface area contributed by atoms with Gasteiger partial charge in [-0.05, 0) is 18.2 Å². The number of amides is 2. The van der Waals surface area contributed by atoms with Gasteiger partial charge in [0.2, 0.25) is 11.8 Å². The fourth-order valence-electron chi connectivity index (χ4n) is 2.29. The third-order valence-corrected chi connectivity index (χ3v) is 3.91. The predicted molar refractivity (Wildman–Crippen MR) is 84.2 cm³/mol. The number of ether oxygens (including phenoxy) is 1. The maximum Gasteiger partial charge on any atom is 0.224 e. The molecule has 0 N–H and O–H groups in total. The van der Waals surface area contributed by atoms with Crippen LogP contribution in [0, 0.1) is 0 Å². The second-order valence-corrected chi connectivity index (χ2v) is 5.81. The summed E-state index contributed by atoms with van der Waals surface area (Å²) in [5.74, 6) is 0.00224. The SMILES string of the molecule is CC(=O)N(CCC(=O)N1CCOCC1)c1cccc(Br)c1. The Labute approximate surface area is 133 Å². The number of carbonyl (C=O) groups is 2. The van der Waals surface area contributed by atoms with Crippen molar-refractivity contribution in [3.05, 3.63) is 28.7 Å². The van der Waals surface area contributed by atoms with Crippen LogP contribution in [0.4, 0.5) is 5.69 Å². The van der Waals surface area contributed by atoms with Gasteiger partial charge in [-0.2, -0.15) is 0 Å². The number of benzene rings is 1. The molecule has 1 saturated heterocycles. The molecular weight excluding hydrogens is 336 g/mol. The zero-order valence-electron chi connectivity index (χ0n) is 12.0. The van der Waals surface area contributed by atoms with E-state index in [4.69, 9.17) is 4.74 Å². The van der Waals surface area contributed by atoms with E-state index in [0.717, 1.165) is 10.2 Å². The van der Waals surface area contributed by atoms with Crippen molar-refractivity contribution >= 4 is 33.4 Å². The second-order valence-electron chi connectivity index (χ2n) is 4.89. The maximum atomic E-state index is 12.1. The van der Waals surface area contributed by atoms with Crippen LogP contribution < -0.4 is 4.90 Å². The number of halogens is 1. The van der Waals surface area contributed by atoms with Crippen LogP contribution in [-0.2, 0) is 14.3 Å². The normalized spacial score (nSPS) is 14.9. The molecule has 0 radical (unpaired) electrons. The van der Waals surface area contributed by atoms with Gasteiger partial charge in [-0.3, -0.25) is 9.59 Å². The van der Waals surface area contributed by atoms with Crippen molar-refractivity contribution in [2.45, 2.75) is 13.3 Å². The minimum absolute atomic E-state index is 0.0668. The molecule has 0 bridgehead atoms. The smallest absolute Gasteiger partial charge is 0.224 e. The minimum Gasteiger partial charge on any atom is -0.378 e. The Morgan fingerprint density at radius 3 is 2.67 bits per heavy atom. The van der Waals surface area contributed by atoms with Crippen molar-refractivity contribution in [2.75, 3.05) is 37.7 Å². The second kappa shape index (κ2) is 7.56. The van der Waals surface area contributed by atoms with Crippen LogP contribution in [0.3, 0.4) is 0 Å². The molecule has 0 aliphatic carbocycles. The summed E-state index contributed by atoms with van der Waals surface area (Å²) in [5.41, 5.74) is 0.798. The third-order valence-electron chi connectivity index (χ3n) is 3.41. The molecule has 21 heavy (non-hydrogen) atoms. The van der Waals surface area contributed by atoms with E-state index in [0.29, 0.717) is 39.3 Å². The van der Waals surface area contributed by atoms with Gasteiger partial charge in [-0.1, -0.05) is 22.0 Å². The molecule has 0 unspecified atom stereocenters. The van der Waals surface area contributed by atoms with Gasteiger partial charge in [-0.15, -0.1) is 0 Å². The molecule has 1 aliphatic heterocycles. The topological polar surface area (TPSA) is 49.9 Å². The molecule has 2 rings (SSSR count). The third kappa shape index (κ3) is 4.54. The summed E-state index contributed by atoms with van der Waals surface area (Å²) in [6, 6.07) is 7.52. The summed E-state index contributed by atoms with van der Waals surface area (Å²) < 4.78 is 6.14. The van der Waals surface area contributed by atoms with Crippen molar-refractivity contribution in [1.29, 1.82) is 0 Å². The summed E-state index contributed by atoms with van der Waals surface area (Å²) in [6.07, 6.45) is 0.325. The first-order valence-corrected chi connectivity index (χ1v) is 7.76. The first-order chi connectivity index (χ1) is 10.1. The standard InChI is InChI=1S/C15H19BrN2O3/c1-12(19)18(14-4-2-3-13(16)11-14)6-5-15(20)17-7-9-21-10-8-17/h2-4,11H,5-10H2,1H3. The number of carbonyl (C=O) groups excluding carboxylic acids is 2. The van der Waals surface area contributed by atoms with E-state index in [-0.39, 0.29) is 11.8 Å². The largest absolute Gasteiger partial charge is 0.378 e. The quantitative estimate of drug-likeness (QED) is 0.831. The fraction of sp³-hybridized carbons (Fsp3) is 0.467. The van der Waals surface area contributed by atoms with E-state index in [1.165, 1.54) is 6.92 Å². The average molecular weight is 355 g/mol. The van der Waals surface area contributed by atoms with Crippen molar-refractivity contribution in [3.63, 3.8) is 0 Å². The van der Waals surface area contributed by atoms with Crippen molar-refractivity contribution in [2.24, 2.45) is 0 Å². The molecule has 0 saturated carbocycles. The Balaban J connectivity index is 1.97. The first-order valence-electron chi connectivity index (χ1n) is 6.97. The molecule has 6 heteroatoms. The maximum absolute atomic E-state index is 12.1. The first kappa shape index (κ1) is 16.0. The van der Waals surface area contributed by atoms with Crippen LogP contribution in [0.25, 0.3) is 0 Å². The fourth-order valence-corrected chi connectivity index (χ4v) is 2.68. The number of hydrogen-bond donors (Lipinski definition) is 0. The Morgan fingerprint density at radius 2 is 2.05 bits per heavy atom. The van der Waals surface area contributed by atoms with E-state index in [1.807, 2.05) is 24.3 Å². The van der Waals surface area contributed by atoms with E-state index < -0.39 is 0 Å². The summed E-state index contributed by atoms with van der Waals surface area (Å²) >= 11 is 3.40. The van der Waals surface area contributed by atoms with E-state index in [2.05, 4.69) is 15.9 Å². The highest BCUT2D eigenvalue weighted by Gasteiger charge is 2.19. The zero-order valence-corrected chi connectivity index (χ0v) is 13.6. The summed E-state index contributed by atoms with van der Waals surface area (Å²) in [5, 5.41) is 0. The van der Waals surface area contributed by atoms with Crippen LogP contribution in [0.5, 0.6) is 0 Å². The molecule has 1 aromatic carbocycles.